The highest BCUT2D eigenvalue weighted by Gasteiger charge is 2.08. The summed E-state index contributed by atoms with van der Waals surface area (Å²) in [7, 11) is 0. The number of hydrogen-bond donors (Lipinski definition) is 1. The lowest BCUT2D eigenvalue weighted by Gasteiger charge is -2.08. The van der Waals surface area contributed by atoms with Gasteiger partial charge >= 0.3 is 0 Å². The lowest BCUT2D eigenvalue weighted by atomic mass is 9.95. The fraction of sp³-hybridized carbons (Fsp3) is 0.462. The highest BCUT2D eigenvalue weighted by atomic mass is 16.3. The van der Waals surface area contributed by atoms with E-state index in [1.807, 2.05) is 12.1 Å². The maximum Gasteiger partial charge on any atom is 0.202 e. The van der Waals surface area contributed by atoms with E-state index in [9.17, 15) is 4.79 Å². The van der Waals surface area contributed by atoms with Gasteiger partial charge in [-0.05, 0) is 30.5 Å². The lowest BCUT2D eigenvalue weighted by molar-refractivity contribution is 0.474. The molecule has 0 aliphatic rings. The predicted octanol–water partition coefficient (Wildman–Crippen LogP) is 2.85. The van der Waals surface area contributed by atoms with E-state index in [0.717, 1.165) is 31.2 Å². The molecule has 0 aromatic heterocycles. The van der Waals surface area contributed by atoms with E-state index in [1.165, 1.54) is 0 Å². The Morgan fingerprint density at radius 2 is 2.00 bits per heavy atom. The molecular formula is C13H17O2. The first-order valence-electron chi connectivity index (χ1n) is 5.41. The Morgan fingerprint density at radius 1 is 1.33 bits per heavy atom. The second-order valence-electron chi connectivity index (χ2n) is 3.83. The van der Waals surface area contributed by atoms with Crippen LogP contribution in [-0.4, -0.2) is 11.4 Å². The fourth-order valence-electron chi connectivity index (χ4n) is 1.57. The topological polar surface area (TPSA) is 37.3 Å². The van der Waals surface area contributed by atoms with Crippen molar-refractivity contribution in [2.75, 3.05) is 0 Å². The van der Waals surface area contributed by atoms with Crippen molar-refractivity contribution in [3.05, 3.63) is 29.8 Å². The monoisotopic (exact) mass is 205 g/mol. The summed E-state index contributed by atoms with van der Waals surface area (Å²) < 4.78 is 0. The van der Waals surface area contributed by atoms with Gasteiger partial charge in [0.25, 0.3) is 0 Å². The summed E-state index contributed by atoms with van der Waals surface area (Å²) in [5, 5.41) is 9.11. The first-order chi connectivity index (χ1) is 7.26. The minimum Gasteiger partial charge on any atom is -0.508 e. The van der Waals surface area contributed by atoms with Crippen molar-refractivity contribution in [3.8, 4) is 5.75 Å². The van der Waals surface area contributed by atoms with Crippen LogP contribution >= 0.6 is 0 Å². The molecule has 1 aromatic carbocycles. The molecule has 1 unspecified atom stereocenters. The molecule has 0 spiro atoms. The average Bonchev–Trinajstić information content (AvgIpc) is 2.27. The van der Waals surface area contributed by atoms with E-state index >= 15 is 0 Å². The van der Waals surface area contributed by atoms with Crippen molar-refractivity contribution >= 4 is 6.29 Å². The number of hydrogen-bond acceptors (Lipinski definition) is 2. The maximum absolute atomic E-state index is 10.7. The van der Waals surface area contributed by atoms with Crippen LogP contribution in [0.5, 0.6) is 5.75 Å². The van der Waals surface area contributed by atoms with Crippen LogP contribution in [0.1, 0.15) is 31.7 Å². The predicted molar refractivity (Wildman–Crippen MR) is 60.5 cm³/mol. The van der Waals surface area contributed by atoms with Crippen LogP contribution < -0.4 is 0 Å². The molecule has 1 atom stereocenters. The molecule has 1 radical (unpaired) electrons. The van der Waals surface area contributed by atoms with Gasteiger partial charge < -0.3 is 5.11 Å². The molecule has 81 valence electrons. The van der Waals surface area contributed by atoms with Gasteiger partial charge in [0.15, 0.2) is 0 Å². The molecule has 2 nitrogen and oxygen atoms in total. The third-order valence-electron chi connectivity index (χ3n) is 2.49. The second-order valence-corrected chi connectivity index (χ2v) is 3.83. The quantitative estimate of drug-likeness (QED) is 0.775. The molecule has 0 aliphatic carbocycles. The van der Waals surface area contributed by atoms with Crippen LogP contribution in [0.4, 0.5) is 0 Å². The van der Waals surface area contributed by atoms with E-state index in [-0.39, 0.29) is 11.7 Å². The third-order valence-corrected chi connectivity index (χ3v) is 2.49. The van der Waals surface area contributed by atoms with Gasteiger partial charge in [0, 0.05) is 5.92 Å². The molecule has 1 aromatic rings. The molecule has 1 rings (SSSR count). The van der Waals surface area contributed by atoms with Gasteiger partial charge in [-0.3, -0.25) is 4.79 Å². The summed E-state index contributed by atoms with van der Waals surface area (Å²) in [6, 6.07) is 7.01. The van der Waals surface area contributed by atoms with Crippen molar-refractivity contribution in [3.63, 3.8) is 0 Å². The Kier molecular flexibility index (Phi) is 4.88. The van der Waals surface area contributed by atoms with Gasteiger partial charge in [-0.25, -0.2) is 0 Å². The maximum atomic E-state index is 10.7. The molecule has 0 aliphatic heterocycles. The van der Waals surface area contributed by atoms with Crippen molar-refractivity contribution in [1.29, 1.82) is 0 Å². The number of phenols is 1. The van der Waals surface area contributed by atoms with Crippen molar-refractivity contribution in [1.82, 2.24) is 0 Å². The smallest absolute Gasteiger partial charge is 0.202 e. The largest absolute Gasteiger partial charge is 0.508 e. The number of carbonyl (C=O) groups excluding carboxylic acids is 1. The highest BCUT2D eigenvalue weighted by Crippen LogP contribution is 2.16. The van der Waals surface area contributed by atoms with Gasteiger partial charge in [-0.15, -0.1) is 0 Å². The number of rotatable bonds is 6. The van der Waals surface area contributed by atoms with Gasteiger partial charge in [0.2, 0.25) is 6.29 Å². The minimum atomic E-state index is -0.00510. The number of unbranched alkanes of at least 4 members (excludes halogenated alkanes) is 1. The number of aromatic hydroxyl groups is 1. The highest BCUT2D eigenvalue weighted by molar-refractivity contribution is 5.55. The molecule has 0 heterocycles. The Morgan fingerprint density at radius 3 is 2.53 bits per heavy atom. The van der Waals surface area contributed by atoms with Crippen LogP contribution in [-0.2, 0) is 11.2 Å². The molecule has 0 amide bonds. The summed E-state index contributed by atoms with van der Waals surface area (Å²) in [6.45, 7) is 2.11. The van der Waals surface area contributed by atoms with Gasteiger partial charge in [-0.1, -0.05) is 31.9 Å². The first-order valence-corrected chi connectivity index (χ1v) is 5.41. The van der Waals surface area contributed by atoms with Crippen molar-refractivity contribution in [2.24, 2.45) is 5.92 Å². The Balaban J connectivity index is 2.50. The van der Waals surface area contributed by atoms with Crippen LogP contribution in [0.25, 0.3) is 0 Å². The van der Waals surface area contributed by atoms with Crippen LogP contribution in [0.15, 0.2) is 24.3 Å². The second kappa shape index (κ2) is 6.23. The van der Waals surface area contributed by atoms with Crippen LogP contribution in [0.2, 0.25) is 0 Å². The van der Waals surface area contributed by atoms with E-state index in [0.29, 0.717) is 0 Å². The molecule has 2 heteroatoms. The van der Waals surface area contributed by atoms with E-state index in [2.05, 4.69) is 13.2 Å². The van der Waals surface area contributed by atoms with E-state index in [4.69, 9.17) is 5.11 Å². The van der Waals surface area contributed by atoms with Crippen molar-refractivity contribution < 1.29 is 9.90 Å². The summed E-state index contributed by atoms with van der Waals surface area (Å²) in [5.74, 6) is 0.258. The SMILES string of the molecule is CCCCC([C]=O)Cc1ccc(O)cc1. The molecule has 15 heavy (non-hydrogen) atoms. The standard InChI is InChI=1S/C13H17O2/c1-2-3-4-12(10-14)9-11-5-7-13(15)8-6-11/h5-8,12,15H,2-4,9H2,1H3. The molecule has 0 saturated carbocycles. The summed E-state index contributed by atoms with van der Waals surface area (Å²) in [4.78, 5) is 10.7. The van der Waals surface area contributed by atoms with Crippen molar-refractivity contribution in [2.45, 2.75) is 32.6 Å². The molecule has 1 N–H and O–H groups in total. The van der Waals surface area contributed by atoms with Gasteiger partial charge in [0.05, 0.1) is 0 Å². The summed E-state index contributed by atoms with van der Waals surface area (Å²) >= 11 is 0. The zero-order chi connectivity index (χ0) is 11.1. The van der Waals surface area contributed by atoms with E-state index < -0.39 is 0 Å². The molecular weight excluding hydrogens is 188 g/mol. The molecule has 0 bridgehead atoms. The van der Waals surface area contributed by atoms with Crippen LogP contribution in [0.3, 0.4) is 0 Å². The number of benzene rings is 1. The Bertz CT molecular complexity index is 290. The lowest BCUT2D eigenvalue weighted by Crippen LogP contribution is -2.05. The zero-order valence-corrected chi connectivity index (χ0v) is 9.07. The summed E-state index contributed by atoms with van der Waals surface area (Å²) in [5.41, 5.74) is 1.08. The van der Waals surface area contributed by atoms with E-state index in [1.54, 1.807) is 12.1 Å². The molecule has 0 saturated heterocycles. The Labute approximate surface area is 90.9 Å². The number of phenolic OH excluding ortho intramolecular Hbond substituents is 1. The third kappa shape index (κ3) is 4.15. The van der Waals surface area contributed by atoms with Gasteiger partial charge in [0.1, 0.15) is 5.75 Å². The average molecular weight is 205 g/mol. The minimum absolute atomic E-state index is 0.00510. The molecule has 0 fully saturated rings. The normalized spacial score (nSPS) is 12.3. The summed E-state index contributed by atoms with van der Waals surface area (Å²) in [6.07, 6.45) is 5.89. The fourth-order valence-corrected chi connectivity index (χ4v) is 1.57. The first kappa shape index (κ1) is 11.8. The Hall–Kier alpha value is -1.31. The van der Waals surface area contributed by atoms with Gasteiger partial charge in [-0.2, -0.15) is 0 Å². The zero-order valence-electron chi connectivity index (χ0n) is 9.07. The van der Waals surface area contributed by atoms with Crippen LogP contribution in [0, 0.1) is 5.92 Å².